The third-order valence-corrected chi connectivity index (χ3v) is 7.90. The highest BCUT2D eigenvalue weighted by Gasteiger charge is 2.21. The van der Waals surface area contributed by atoms with Crippen LogP contribution in [0.2, 0.25) is 5.02 Å². The molecular formula is C32H31ClN6O2. The minimum Gasteiger partial charge on any atom is -0.494 e. The third-order valence-electron chi connectivity index (χ3n) is 7.66. The number of anilines is 1. The summed E-state index contributed by atoms with van der Waals surface area (Å²) in [5.74, 6) is 0.0665. The van der Waals surface area contributed by atoms with Crippen molar-refractivity contribution in [2.24, 2.45) is 4.99 Å². The number of H-pyrrole nitrogens is 1. The van der Waals surface area contributed by atoms with Crippen LogP contribution in [-0.4, -0.2) is 83.3 Å². The number of fused-ring (bicyclic) bond motifs is 2. The second kappa shape index (κ2) is 11.3. The van der Waals surface area contributed by atoms with E-state index in [0.717, 1.165) is 59.2 Å². The van der Waals surface area contributed by atoms with E-state index in [4.69, 9.17) is 16.6 Å². The van der Waals surface area contributed by atoms with Crippen molar-refractivity contribution in [3.63, 3.8) is 0 Å². The molecule has 1 saturated heterocycles. The van der Waals surface area contributed by atoms with Crippen molar-refractivity contribution < 1.29 is 9.90 Å². The van der Waals surface area contributed by atoms with Gasteiger partial charge in [-0.25, -0.2) is 4.99 Å². The van der Waals surface area contributed by atoms with Gasteiger partial charge in [0.2, 0.25) is 5.91 Å². The smallest absolute Gasteiger partial charge is 0.240 e. The molecule has 1 amide bonds. The summed E-state index contributed by atoms with van der Waals surface area (Å²) in [6.45, 7) is 4.13. The summed E-state index contributed by atoms with van der Waals surface area (Å²) in [5, 5.41) is 13.4. The minimum absolute atomic E-state index is 0.0122. The number of carbonyl (C=O) groups excluding carboxylic acids is 1. The molecule has 3 aromatic carbocycles. The van der Waals surface area contributed by atoms with Crippen molar-refractivity contribution in [2.45, 2.75) is 0 Å². The summed E-state index contributed by atoms with van der Waals surface area (Å²) in [5.41, 5.74) is 5.11. The number of benzene rings is 3. The Hall–Kier alpha value is -4.24. The molecular weight excluding hydrogens is 536 g/mol. The van der Waals surface area contributed by atoms with Crippen LogP contribution in [-0.2, 0) is 4.79 Å². The highest BCUT2D eigenvalue weighted by Crippen LogP contribution is 2.33. The standard InChI is InChI=1S/C32H31ClN6O2/c1-37-14-16-39(17-15-37)20-29(40)38(2)25-9-7-24(8-10-25)35-31(22-5-12-27-21(18-22)4-3-13-34-27)30-26-11-6-23(33)19-28(26)36-32(30)41/h3-13,18-19,36,41H,14-17,20H2,1-2H3. The van der Waals surface area contributed by atoms with Crippen LogP contribution < -0.4 is 4.90 Å². The van der Waals surface area contributed by atoms with Gasteiger partial charge in [0.25, 0.3) is 0 Å². The maximum Gasteiger partial charge on any atom is 0.240 e. The molecule has 1 fully saturated rings. The average molecular weight is 567 g/mol. The summed E-state index contributed by atoms with van der Waals surface area (Å²) in [6, 6.07) is 22.9. The monoisotopic (exact) mass is 566 g/mol. The van der Waals surface area contributed by atoms with Crippen LogP contribution >= 0.6 is 11.6 Å². The lowest BCUT2D eigenvalue weighted by molar-refractivity contribution is -0.119. The quantitative estimate of drug-likeness (QED) is 0.267. The zero-order valence-corrected chi connectivity index (χ0v) is 23.8. The summed E-state index contributed by atoms with van der Waals surface area (Å²) in [6.07, 6.45) is 1.76. The lowest BCUT2D eigenvalue weighted by Gasteiger charge is -2.32. The van der Waals surface area contributed by atoms with E-state index in [1.807, 2.05) is 60.7 Å². The molecule has 0 aliphatic carbocycles. The Morgan fingerprint density at radius 3 is 2.61 bits per heavy atom. The minimum atomic E-state index is 0.0122. The summed E-state index contributed by atoms with van der Waals surface area (Å²) in [7, 11) is 3.91. The average Bonchev–Trinajstić information content (AvgIpc) is 3.31. The fraction of sp³-hybridized carbons (Fsp3) is 0.219. The Morgan fingerprint density at radius 2 is 1.83 bits per heavy atom. The largest absolute Gasteiger partial charge is 0.494 e. The molecule has 1 aliphatic rings. The number of hydrogen-bond donors (Lipinski definition) is 2. The van der Waals surface area contributed by atoms with Gasteiger partial charge in [-0.3, -0.25) is 14.7 Å². The normalized spacial score (nSPS) is 15.0. The molecule has 3 heterocycles. The molecule has 6 rings (SSSR count). The number of aromatic amines is 1. The number of aromatic nitrogens is 2. The van der Waals surface area contributed by atoms with Gasteiger partial charge >= 0.3 is 0 Å². The van der Waals surface area contributed by atoms with E-state index in [1.165, 1.54) is 0 Å². The van der Waals surface area contributed by atoms with E-state index in [9.17, 15) is 9.90 Å². The van der Waals surface area contributed by atoms with Crippen molar-refractivity contribution in [1.29, 1.82) is 0 Å². The fourth-order valence-electron chi connectivity index (χ4n) is 5.21. The number of aromatic hydroxyl groups is 1. The van der Waals surface area contributed by atoms with Gasteiger partial charge in [-0.2, -0.15) is 0 Å². The van der Waals surface area contributed by atoms with E-state index < -0.39 is 0 Å². The second-order valence-corrected chi connectivity index (χ2v) is 10.9. The van der Waals surface area contributed by atoms with Gasteiger partial charge < -0.3 is 19.9 Å². The SMILES string of the molecule is CN1CCN(CC(=O)N(C)c2ccc(N=C(c3ccc4ncccc4c3)c3c(O)[nH]c4cc(Cl)ccc34)cc2)CC1. The van der Waals surface area contributed by atoms with Crippen LogP contribution in [0, 0.1) is 0 Å². The summed E-state index contributed by atoms with van der Waals surface area (Å²) >= 11 is 6.22. The van der Waals surface area contributed by atoms with Crippen LogP contribution in [0.4, 0.5) is 11.4 Å². The lowest BCUT2D eigenvalue weighted by atomic mass is 9.99. The Kier molecular flexibility index (Phi) is 7.45. The Balaban J connectivity index is 1.34. The number of nitrogens with one attached hydrogen (secondary N) is 1. The highest BCUT2D eigenvalue weighted by atomic mass is 35.5. The molecule has 0 radical (unpaired) electrons. The third kappa shape index (κ3) is 5.67. The van der Waals surface area contributed by atoms with Crippen molar-refractivity contribution >= 4 is 56.4 Å². The molecule has 0 spiro atoms. The first kappa shape index (κ1) is 27.0. The number of amides is 1. The molecule has 1 aliphatic heterocycles. The summed E-state index contributed by atoms with van der Waals surface area (Å²) < 4.78 is 0. The Morgan fingerprint density at radius 1 is 1.05 bits per heavy atom. The number of carbonyl (C=O) groups is 1. The van der Waals surface area contributed by atoms with Crippen molar-refractivity contribution in [3.05, 3.63) is 95.1 Å². The van der Waals surface area contributed by atoms with Crippen molar-refractivity contribution in [3.8, 4) is 5.88 Å². The predicted molar refractivity (Wildman–Crippen MR) is 166 cm³/mol. The van der Waals surface area contributed by atoms with Gasteiger partial charge in [-0.15, -0.1) is 0 Å². The first-order valence-corrected chi connectivity index (χ1v) is 14.0. The number of halogens is 1. The lowest BCUT2D eigenvalue weighted by Crippen LogP contribution is -2.48. The van der Waals surface area contributed by atoms with Gasteiger partial charge in [-0.05, 0) is 61.6 Å². The Labute approximate surface area is 243 Å². The molecule has 0 atom stereocenters. The maximum absolute atomic E-state index is 13.0. The molecule has 2 N–H and O–H groups in total. The molecule has 8 nitrogen and oxygen atoms in total. The van der Waals surface area contributed by atoms with Crippen LogP contribution in [0.15, 0.2) is 84.0 Å². The van der Waals surface area contributed by atoms with Crippen LogP contribution in [0.1, 0.15) is 11.1 Å². The predicted octanol–water partition coefficient (Wildman–Crippen LogP) is 5.45. The van der Waals surface area contributed by atoms with E-state index >= 15 is 0 Å². The van der Waals surface area contributed by atoms with Gasteiger partial charge in [0, 0.05) is 66.5 Å². The Bertz CT molecular complexity index is 1760. The molecule has 0 saturated carbocycles. The van der Waals surface area contributed by atoms with Crippen LogP contribution in [0.3, 0.4) is 0 Å². The van der Waals surface area contributed by atoms with E-state index in [1.54, 1.807) is 30.3 Å². The van der Waals surface area contributed by atoms with E-state index in [2.05, 4.69) is 26.8 Å². The molecule has 0 unspecified atom stereocenters. The number of nitrogens with zero attached hydrogens (tertiary/aromatic N) is 5. The first-order valence-electron chi connectivity index (χ1n) is 13.6. The van der Waals surface area contributed by atoms with E-state index in [0.29, 0.717) is 28.5 Å². The van der Waals surface area contributed by atoms with Crippen LogP contribution in [0.25, 0.3) is 21.8 Å². The zero-order valence-electron chi connectivity index (χ0n) is 23.0. The number of aliphatic imine (C=N–C) groups is 1. The molecule has 9 heteroatoms. The highest BCUT2D eigenvalue weighted by molar-refractivity contribution is 6.31. The van der Waals surface area contributed by atoms with Gasteiger partial charge in [0.15, 0.2) is 5.88 Å². The first-order chi connectivity index (χ1) is 19.9. The number of pyridine rings is 1. The molecule has 208 valence electrons. The van der Waals surface area contributed by atoms with Crippen LogP contribution in [0.5, 0.6) is 5.88 Å². The van der Waals surface area contributed by atoms with Gasteiger partial charge in [0.1, 0.15) is 0 Å². The van der Waals surface area contributed by atoms with Gasteiger partial charge in [0.05, 0.1) is 34.5 Å². The van der Waals surface area contributed by atoms with Gasteiger partial charge in [-0.1, -0.05) is 29.8 Å². The molecule has 5 aromatic rings. The summed E-state index contributed by atoms with van der Waals surface area (Å²) in [4.78, 5) is 31.7. The topological polar surface area (TPSA) is 88.1 Å². The van der Waals surface area contributed by atoms with Crippen molar-refractivity contribution in [2.75, 3.05) is 51.7 Å². The second-order valence-electron chi connectivity index (χ2n) is 10.5. The van der Waals surface area contributed by atoms with Crippen molar-refractivity contribution in [1.82, 2.24) is 19.8 Å². The molecule has 41 heavy (non-hydrogen) atoms. The fourth-order valence-corrected chi connectivity index (χ4v) is 5.38. The maximum atomic E-state index is 13.0. The molecule has 2 aromatic heterocycles. The molecule has 0 bridgehead atoms. The number of piperazine rings is 1. The number of hydrogen-bond acceptors (Lipinski definition) is 6. The number of likely N-dealkylation sites (N-methyl/N-ethyl adjacent to an activating group) is 2. The number of rotatable bonds is 6. The van der Waals surface area contributed by atoms with E-state index in [-0.39, 0.29) is 11.8 Å². The zero-order chi connectivity index (χ0) is 28.5.